The van der Waals surface area contributed by atoms with E-state index in [2.05, 4.69) is 0 Å². The van der Waals surface area contributed by atoms with Gasteiger partial charge in [-0.3, -0.25) is 37.9 Å². The monoisotopic (exact) mass is 754 g/mol. The molecule has 1 rings (SSSR count). The van der Waals surface area contributed by atoms with Crippen molar-refractivity contribution in [1.82, 2.24) is 19.6 Å². The Morgan fingerprint density at radius 1 is 0.432 bits per heavy atom. The number of hydrogen-bond acceptors (Lipinski definition) is 8. The second-order valence-electron chi connectivity index (χ2n) is 9.69. The molecule has 4 N–H and O–H groups in total. The molecule has 4 atom stereocenters. The van der Waals surface area contributed by atoms with Gasteiger partial charge in [-0.2, -0.15) is 0 Å². The Bertz CT molecular complexity index is 718. The Morgan fingerprint density at radius 3 is 0.676 bits per heavy atom. The van der Waals surface area contributed by atoms with Gasteiger partial charge in [-0.25, -0.2) is 0 Å². The minimum Gasteiger partial charge on any atom is -0.343 e. The Hall–Kier alpha value is 1.92. The largest absolute Gasteiger partial charge is 3.00 e. The van der Waals surface area contributed by atoms with Crippen molar-refractivity contribution in [2.75, 3.05) is 102 Å². The molecular weight excluding hydrogens is 705 g/mol. The van der Waals surface area contributed by atoms with E-state index in [0.29, 0.717) is 52.4 Å². The molecule has 12 nitrogen and oxygen atoms in total. The van der Waals surface area contributed by atoms with E-state index in [4.69, 9.17) is 0 Å². The molecule has 1 aliphatic heterocycles. The first-order valence-electron chi connectivity index (χ1n) is 12.7. The molecule has 1 saturated heterocycles. The Morgan fingerprint density at radius 2 is 0.568 bits per heavy atom. The second kappa shape index (κ2) is 17.8. The van der Waals surface area contributed by atoms with E-state index in [1.54, 1.807) is 27.7 Å². The van der Waals surface area contributed by atoms with Gasteiger partial charge in [0.05, 0.1) is 25.1 Å². The predicted octanol–water partition coefficient (Wildman–Crippen LogP) is 2.20. The molecule has 0 aliphatic carbocycles. The summed E-state index contributed by atoms with van der Waals surface area (Å²) in [6.07, 6.45) is 0.462. The third kappa shape index (κ3) is 16.8. The van der Waals surface area contributed by atoms with Crippen LogP contribution in [-0.4, -0.2) is 141 Å². The average molecular weight is 754 g/mol. The van der Waals surface area contributed by atoms with E-state index < -0.39 is 29.5 Å². The summed E-state index contributed by atoms with van der Waals surface area (Å²) in [5.74, 6) is 0. The van der Waals surface area contributed by atoms with Crippen LogP contribution in [0.15, 0.2) is 0 Å². The third-order valence-electron chi connectivity index (χ3n) is 6.59. The SMILES string of the molecule is CCP(=O)(O)CN1CCN(CP(=O)(O)CC)CCN(CP(=O)(O)CC)CCN(CP(=O)(O)CC)CC1.[Gd+3]. The van der Waals surface area contributed by atoms with Crippen LogP contribution in [0.5, 0.6) is 0 Å². The normalized spacial score (nSPS) is 24.9. The molecule has 0 aromatic rings. The van der Waals surface area contributed by atoms with Crippen LogP contribution in [0.3, 0.4) is 0 Å². The van der Waals surface area contributed by atoms with Gasteiger partial charge in [-0.05, 0) is 0 Å². The molecule has 1 aliphatic rings. The zero-order valence-electron chi connectivity index (χ0n) is 22.7. The van der Waals surface area contributed by atoms with Gasteiger partial charge in [0.1, 0.15) is 0 Å². The molecule has 0 amide bonds. The molecule has 4 unspecified atom stereocenters. The van der Waals surface area contributed by atoms with E-state index in [9.17, 15) is 37.8 Å². The van der Waals surface area contributed by atoms with Gasteiger partial charge in [0.15, 0.2) is 0 Å². The summed E-state index contributed by atoms with van der Waals surface area (Å²) in [6, 6.07) is 0. The minimum absolute atomic E-state index is 0. The summed E-state index contributed by atoms with van der Waals surface area (Å²) < 4.78 is 50.0. The summed E-state index contributed by atoms with van der Waals surface area (Å²) in [5.41, 5.74) is 0. The van der Waals surface area contributed by atoms with Crippen molar-refractivity contribution in [1.29, 1.82) is 0 Å². The molecule has 0 saturated carbocycles. The maximum Gasteiger partial charge on any atom is 3.00 e. The number of hydrogen-bond donors (Lipinski definition) is 4. The van der Waals surface area contributed by atoms with Crippen molar-refractivity contribution in [3.05, 3.63) is 0 Å². The number of rotatable bonds is 12. The second-order valence-corrected chi connectivity index (χ2v) is 20.1. The van der Waals surface area contributed by atoms with Gasteiger partial charge in [-0.1, -0.05) is 27.7 Å². The summed E-state index contributed by atoms with van der Waals surface area (Å²) in [4.78, 5) is 48.5. The van der Waals surface area contributed by atoms with Gasteiger partial charge in [0.25, 0.3) is 0 Å². The van der Waals surface area contributed by atoms with Gasteiger partial charge < -0.3 is 19.6 Å². The minimum atomic E-state index is -3.38. The average Bonchev–Trinajstić information content (AvgIpc) is 2.80. The fraction of sp³-hybridized carbons (Fsp3) is 1.00. The zero-order chi connectivity index (χ0) is 27.6. The maximum absolute atomic E-state index is 12.5. The summed E-state index contributed by atoms with van der Waals surface area (Å²) in [5, 5.41) is 0. The molecule has 1 fully saturated rings. The fourth-order valence-electron chi connectivity index (χ4n) is 3.79. The molecule has 17 heteroatoms. The first kappa shape index (κ1) is 38.9. The Balaban J connectivity index is 0.0000130. The molecule has 0 bridgehead atoms. The molecule has 221 valence electrons. The molecule has 0 aromatic heterocycles. The third-order valence-corrected chi connectivity index (χ3v) is 13.9. The molecule has 1 heterocycles. The van der Waals surface area contributed by atoms with Gasteiger partial charge >= 0.3 is 39.9 Å². The molecular formula is C20H48GdN4O8P4+3. The van der Waals surface area contributed by atoms with Gasteiger partial charge in [0, 0.05) is 77.0 Å². The van der Waals surface area contributed by atoms with Crippen LogP contribution in [0.25, 0.3) is 0 Å². The van der Waals surface area contributed by atoms with Crippen molar-refractivity contribution in [2.45, 2.75) is 27.7 Å². The summed E-state index contributed by atoms with van der Waals surface area (Å²) >= 11 is 0. The van der Waals surface area contributed by atoms with E-state index >= 15 is 0 Å². The molecule has 0 spiro atoms. The van der Waals surface area contributed by atoms with Crippen molar-refractivity contribution >= 4 is 29.5 Å². The van der Waals surface area contributed by atoms with Crippen LogP contribution >= 0.6 is 29.5 Å². The van der Waals surface area contributed by atoms with Crippen molar-refractivity contribution in [2.24, 2.45) is 0 Å². The van der Waals surface area contributed by atoms with E-state index in [0.717, 1.165) is 0 Å². The van der Waals surface area contributed by atoms with Crippen molar-refractivity contribution in [3.63, 3.8) is 0 Å². The number of nitrogens with zero attached hydrogens (tertiary/aromatic N) is 4. The van der Waals surface area contributed by atoms with Crippen LogP contribution < -0.4 is 0 Å². The molecule has 0 aromatic carbocycles. The topological polar surface area (TPSA) is 162 Å². The van der Waals surface area contributed by atoms with E-state index in [1.165, 1.54) is 0 Å². The Labute approximate surface area is 255 Å². The van der Waals surface area contributed by atoms with E-state index in [-0.39, 0.29) is 89.7 Å². The first-order chi connectivity index (χ1) is 16.6. The van der Waals surface area contributed by atoms with E-state index in [1.807, 2.05) is 19.6 Å². The molecule has 1 radical (unpaired) electrons. The van der Waals surface area contributed by atoms with Gasteiger partial charge in [0.2, 0.25) is 29.5 Å². The molecule has 37 heavy (non-hydrogen) atoms. The predicted molar refractivity (Wildman–Crippen MR) is 147 cm³/mol. The fourth-order valence-corrected chi connectivity index (χ4v) is 8.23. The summed E-state index contributed by atoms with van der Waals surface area (Å²) in [6.45, 7) is 9.75. The van der Waals surface area contributed by atoms with Crippen molar-refractivity contribution in [3.8, 4) is 0 Å². The first-order valence-corrected chi connectivity index (χ1v) is 20.8. The quantitative estimate of drug-likeness (QED) is 0.216. The zero-order valence-corrected chi connectivity index (χ0v) is 28.5. The van der Waals surface area contributed by atoms with Crippen LogP contribution in [0.2, 0.25) is 0 Å². The van der Waals surface area contributed by atoms with Crippen LogP contribution in [0.1, 0.15) is 27.7 Å². The van der Waals surface area contributed by atoms with Gasteiger partial charge in [-0.15, -0.1) is 0 Å². The summed E-state index contributed by atoms with van der Waals surface area (Å²) in [7, 11) is -13.5. The maximum atomic E-state index is 12.5. The standard InChI is InChI=1S/C20H48N4O8P4.Gd/c1-5-33(25,26)17-21-9-11-22(18-34(27,28)6-2)13-15-24(20-36(31,32)8-4)16-14-23(12-10-21)19-35(29,30)7-3;/h5-20H2,1-4H3,(H,25,26)(H,27,28)(H,29,30)(H,31,32);/q;+3. The van der Waals surface area contributed by atoms with Crippen LogP contribution in [0, 0.1) is 39.9 Å². The van der Waals surface area contributed by atoms with Crippen LogP contribution in [-0.2, 0) is 18.3 Å². The van der Waals surface area contributed by atoms with Crippen LogP contribution in [0.4, 0.5) is 0 Å². The van der Waals surface area contributed by atoms with Crippen molar-refractivity contribution < 1.29 is 77.8 Å². The Kier molecular flexibility index (Phi) is 18.7. The smallest absolute Gasteiger partial charge is 0.343 e.